The molecule has 0 spiro atoms. The summed E-state index contributed by atoms with van der Waals surface area (Å²) in [6.07, 6.45) is 0. The van der Waals surface area contributed by atoms with Crippen molar-refractivity contribution in [2.45, 2.75) is 6.54 Å². The molecule has 1 heterocycles. The lowest BCUT2D eigenvalue weighted by Crippen LogP contribution is -2.36. The topological polar surface area (TPSA) is 46.2 Å². The second-order valence-electron chi connectivity index (χ2n) is 2.67. The normalized spacial score (nSPS) is 15.3. The molecule has 1 aromatic rings. The minimum absolute atomic E-state index is 0.433. The number of ketones is 1. The van der Waals surface area contributed by atoms with Crippen LogP contribution in [0.25, 0.3) is 0 Å². The summed E-state index contributed by atoms with van der Waals surface area (Å²) in [6, 6.07) is 7.13. The predicted molar refractivity (Wildman–Crippen MR) is 42.6 cm³/mol. The SMILES string of the molecule is O=C1NCc2ccccc2C1=O. The van der Waals surface area contributed by atoms with Crippen LogP contribution in [0.3, 0.4) is 0 Å². The van der Waals surface area contributed by atoms with E-state index in [9.17, 15) is 9.59 Å². The minimum atomic E-state index is -0.506. The summed E-state index contributed by atoms with van der Waals surface area (Å²) in [7, 11) is 0. The van der Waals surface area contributed by atoms with Crippen LogP contribution in [0.4, 0.5) is 0 Å². The lowest BCUT2D eigenvalue weighted by atomic mass is 10.00. The van der Waals surface area contributed by atoms with Gasteiger partial charge in [0.15, 0.2) is 0 Å². The number of Topliss-reactive ketones (excluding diaryl/α,β-unsaturated/α-hetero) is 1. The van der Waals surface area contributed by atoms with Gasteiger partial charge in [-0.3, -0.25) is 9.59 Å². The summed E-state index contributed by atoms with van der Waals surface area (Å²) in [5, 5.41) is 2.50. The molecule has 0 bridgehead atoms. The summed E-state index contributed by atoms with van der Waals surface area (Å²) in [6.45, 7) is 0.459. The molecule has 1 N–H and O–H groups in total. The highest BCUT2D eigenvalue weighted by atomic mass is 16.2. The Balaban J connectivity index is 2.56. The standard InChI is InChI=1S/C9H7NO2/c11-8-7-4-2-1-3-6(7)5-10-9(8)12/h1-4H,5H2,(H,10,12). The second-order valence-corrected chi connectivity index (χ2v) is 2.67. The molecule has 0 unspecified atom stereocenters. The van der Waals surface area contributed by atoms with Crippen molar-refractivity contribution < 1.29 is 9.59 Å². The molecule has 2 rings (SSSR count). The number of rotatable bonds is 0. The van der Waals surface area contributed by atoms with E-state index in [1.165, 1.54) is 0 Å². The molecular weight excluding hydrogens is 154 g/mol. The molecule has 1 aliphatic rings. The maximum absolute atomic E-state index is 11.2. The van der Waals surface area contributed by atoms with E-state index >= 15 is 0 Å². The molecule has 0 aromatic heterocycles. The van der Waals surface area contributed by atoms with Crippen molar-refractivity contribution >= 4 is 11.7 Å². The van der Waals surface area contributed by atoms with E-state index in [0.29, 0.717) is 12.1 Å². The van der Waals surface area contributed by atoms with Gasteiger partial charge in [-0.1, -0.05) is 24.3 Å². The number of carbonyl (C=O) groups is 2. The second kappa shape index (κ2) is 2.44. The van der Waals surface area contributed by atoms with E-state index in [4.69, 9.17) is 0 Å². The Labute approximate surface area is 69.4 Å². The number of nitrogens with one attached hydrogen (secondary N) is 1. The monoisotopic (exact) mass is 161 g/mol. The predicted octanol–water partition coefficient (Wildman–Crippen LogP) is 0.499. The van der Waals surface area contributed by atoms with E-state index in [0.717, 1.165) is 5.56 Å². The van der Waals surface area contributed by atoms with Crippen LogP contribution in [0.2, 0.25) is 0 Å². The van der Waals surface area contributed by atoms with E-state index in [2.05, 4.69) is 5.32 Å². The smallest absolute Gasteiger partial charge is 0.292 e. The van der Waals surface area contributed by atoms with Crippen LogP contribution >= 0.6 is 0 Å². The largest absolute Gasteiger partial charge is 0.345 e. The zero-order chi connectivity index (χ0) is 8.55. The minimum Gasteiger partial charge on any atom is -0.345 e. The van der Waals surface area contributed by atoms with Gasteiger partial charge in [0.25, 0.3) is 11.7 Å². The first-order chi connectivity index (χ1) is 5.79. The average Bonchev–Trinajstić information content (AvgIpc) is 2.12. The molecule has 0 atom stereocenters. The quantitative estimate of drug-likeness (QED) is 0.563. The molecule has 0 saturated carbocycles. The van der Waals surface area contributed by atoms with Crippen LogP contribution in [0.15, 0.2) is 24.3 Å². The Morgan fingerprint density at radius 3 is 2.75 bits per heavy atom. The van der Waals surface area contributed by atoms with Gasteiger partial charge in [-0.15, -0.1) is 0 Å². The van der Waals surface area contributed by atoms with Gasteiger partial charge in [0.1, 0.15) is 0 Å². The number of carbonyl (C=O) groups excluding carboxylic acids is 2. The van der Waals surface area contributed by atoms with E-state index in [1.807, 2.05) is 12.1 Å². The maximum atomic E-state index is 11.2. The van der Waals surface area contributed by atoms with E-state index < -0.39 is 11.7 Å². The van der Waals surface area contributed by atoms with Crippen molar-refractivity contribution in [3.05, 3.63) is 35.4 Å². The lowest BCUT2D eigenvalue weighted by Gasteiger charge is -2.14. The Hall–Kier alpha value is -1.64. The number of fused-ring (bicyclic) bond motifs is 1. The first-order valence-corrected chi connectivity index (χ1v) is 3.69. The molecule has 1 aromatic carbocycles. The van der Waals surface area contributed by atoms with Crippen LogP contribution < -0.4 is 5.32 Å². The number of hydrogen-bond acceptors (Lipinski definition) is 2. The van der Waals surface area contributed by atoms with E-state index in [-0.39, 0.29) is 0 Å². The van der Waals surface area contributed by atoms with Crippen molar-refractivity contribution in [1.82, 2.24) is 5.32 Å². The molecule has 0 fully saturated rings. The molecule has 1 aliphatic heterocycles. The Morgan fingerprint density at radius 1 is 1.17 bits per heavy atom. The average molecular weight is 161 g/mol. The zero-order valence-electron chi connectivity index (χ0n) is 6.33. The number of benzene rings is 1. The molecule has 60 valence electrons. The van der Waals surface area contributed by atoms with Gasteiger partial charge in [0.05, 0.1) is 0 Å². The maximum Gasteiger partial charge on any atom is 0.292 e. The Morgan fingerprint density at radius 2 is 1.92 bits per heavy atom. The molecular formula is C9H7NO2. The molecule has 3 nitrogen and oxygen atoms in total. The van der Waals surface area contributed by atoms with Gasteiger partial charge in [0.2, 0.25) is 0 Å². The van der Waals surface area contributed by atoms with Crippen molar-refractivity contribution in [3.8, 4) is 0 Å². The van der Waals surface area contributed by atoms with Crippen LogP contribution in [0.5, 0.6) is 0 Å². The van der Waals surface area contributed by atoms with Crippen LogP contribution in [0.1, 0.15) is 15.9 Å². The summed E-state index contributed by atoms with van der Waals surface area (Å²) in [5.74, 6) is -0.939. The van der Waals surface area contributed by atoms with Crippen molar-refractivity contribution in [2.75, 3.05) is 0 Å². The highest BCUT2D eigenvalue weighted by Gasteiger charge is 2.23. The molecule has 3 heteroatoms. The van der Waals surface area contributed by atoms with Gasteiger partial charge >= 0.3 is 0 Å². The number of hydrogen-bond donors (Lipinski definition) is 1. The third kappa shape index (κ3) is 0.906. The van der Waals surface area contributed by atoms with Gasteiger partial charge < -0.3 is 5.32 Å². The van der Waals surface area contributed by atoms with Crippen LogP contribution in [-0.2, 0) is 11.3 Å². The van der Waals surface area contributed by atoms with Crippen molar-refractivity contribution in [2.24, 2.45) is 0 Å². The van der Waals surface area contributed by atoms with Crippen molar-refractivity contribution in [3.63, 3.8) is 0 Å². The summed E-state index contributed by atoms with van der Waals surface area (Å²) >= 11 is 0. The summed E-state index contributed by atoms with van der Waals surface area (Å²) < 4.78 is 0. The number of amides is 1. The highest BCUT2D eigenvalue weighted by molar-refractivity contribution is 6.43. The summed E-state index contributed by atoms with van der Waals surface area (Å²) in [4.78, 5) is 22.1. The van der Waals surface area contributed by atoms with E-state index in [1.54, 1.807) is 12.1 Å². The third-order valence-corrected chi connectivity index (χ3v) is 1.91. The first kappa shape index (κ1) is 7.03. The molecule has 0 aliphatic carbocycles. The highest BCUT2D eigenvalue weighted by Crippen LogP contribution is 2.12. The zero-order valence-corrected chi connectivity index (χ0v) is 6.33. The summed E-state index contributed by atoms with van der Waals surface area (Å²) in [5.41, 5.74) is 1.42. The fourth-order valence-electron chi connectivity index (χ4n) is 1.27. The van der Waals surface area contributed by atoms with Gasteiger partial charge in [0, 0.05) is 12.1 Å². The van der Waals surface area contributed by atoms with Crippen molar-refractivity contribution in [1.29, 1.82) is 0 Å². The fraction of sp³-hybridized carbons (Fsp3) is 0.111. The first-order valence-electron chi connectivity index (χ1n) is 3.69. The van der Waals surface area contributed by atoms with Crippen LogP contribution in [-0.4, -0.2) is 11.7 Å². The lowest BCUT2D eigenvalue weighted by molar-refractivity contribution is -0.117. The Bertz CT molecular complexity index is 357. The molecule has 0 radical (unpaired) electrons. The van der Waals surface area contributed by atoms with Gasteiger partial charge in [-0.25, -0.2) is 0 Å². The molecule has 1 amide bonds. The van der Waals surface area contributed by atoms with Crippen LogP contribution in [0, 0.1) is 0 Å². The van der Waals surface area contributed by atoms with Gasteiger partial charge in [-0.05, 0) is 5.56 Å². The third-order valence-electron chi connectivity index (χ3n) is 1.91. The fourth-order valence-corrected chi connectivity index (χ4v) is 1.27. The molecule has 12 heavy (non-hydrogen) atoms. The van der Waals surface area contributed by atoms with Gasteiger partial charge in [-0.2, -0.15) is 0 Å². The Kier molecular flexibility index (Phi) is 1.43. The molecule has 0 saturated heterocycles.